The van der Waals surface area contributed by atoms with Crippen LogP contribution in [0.5, 0.6) is 0 Å². The lowest BCUT2D eigenvalue weighted by Gasteiger charge is -2.27. The molecule has 0 aromatic carbocycles. The minimum absolute atomic E-state index is 0.325. The van der Waals surface area contributed by atoms with Crippen LogP contribution in [0, 0.1) is 5.92 Å². The van der Waals surface area contributed by atoms with Crippen molar-refractivity contribution in [2.45, 2.75) is 11.7 Å². The molecule has 0 spiro atoms. The summed E-state index contributed by atoms with van der Waals surface area (Å²) in [7, 11) is -0.639. The molecule has 0 aromatic rings. The first kappa shape index (κ1) is 8.66. The van der Waals surface area contributed by atoms with Gasteiger partial charge in [-0.3, -0.25) is 4.21 Å². The third-order valence-corrected chi connectivity index (χ3v) is 4.44. The van der Waals surface area contributed by atoms with Gasteiger partial charge in [0.2, 0.25) is 0 Å². The molecule has 2 rings (SSSR count). The number of hydrogen-bond acceptors (Lipinski definition) is 3. The molecule has 0 amide bonds. The van der Waals surface area contributed by atoms with Crippen LogP contribution in [0.2, 0.25) is 0 Å². The highest BCUT2D eigenvalue weighted by Gasteiger charge is 2.26. The van der Waals surface area contributed by atoms with E-state index in [2.05, 4.69) is 5.32 Å². The predicted molar refractivity (Wildman–Crippen MR) is 48.6 cm³/mol. The van der Waals surface area contributed by atoms with Crippen LogP contribution in [0.4, 0.5) is 0 Å². The minimum Gasteiger partial charge on any atom is -0.380 e. The summed E-state index contributed by atoms with van der Waals surface area (Å²) in [6.07, 6.45) is 0.993. The van der Waals surface area contributed by atoms with Gasteiger partial charge in [-0.15, -0.1) is 0 Å². The van der Waals surface area contributed by atoms with Crippen molar-refractivity contribution < 1.29 is 8.95 Å². The first-order chi connectivity index (χ1) is 5.86. The van der Waals surface area contributed by atoms with Crippen molar-refractivity contribution in [1.82, 2.24) is 5.32 Å². The molecule has 70 valence electrons. The second-order valence-corrected chi connectivity index (χ2v) is 5.32. The van der Waals surface area contributed by atoms with Crippen molar-refractivity contribution in [3.63, 3.8) is 0 Å². The van der Waals surface area contributed by atoms with E-state index in [4.69, 9.17) is 4.74 Å². The van der Waals surface area contributed by atoms with Gasteiger partial charge in [-0.05, 0) is 12.3 Å². The molecule has 0 aliphatic carbocycles. The first-order valence-corrected chi connectivity index (χ1v) is 5.90. The fraction of sp³-hybridized carbons (Fsp3) is 1.00. The Bertz CT molecular complexity index is 176. The summed E-state index contributed by atoms with van der Waals surface area (Å²) in [4.78, 5) is 0. The fourth-order valence-electron chi connectivity index (χ4n) is 1.55. The molecule has 4 heteroatoms. The average Bonchev–Trinajstić information content (AvgIpc) is 2.47. The van der Waals surface area contributed by atoms with Gasteiger partial charge in [-0.25, -0.2) is 0 Å². The molecule has 2 aliphatic heterocycles. The highest BCUT2D eigenvalue weighted by Crippen LogP contribution is 2.14. The zero-order chi connectivity index (χ0) is 8.39. The number of nitrogens with one attached hydrogen (secondary N) is 1. The number of rotatable bonds is 3. The SMILES string of the molecule is O=S(CC1CNC1)C1CCOC1. The molecule has 0 aromatic heterocycles. The van der Waals surface area contributed by atoms with Crippen molar-refractivity contribution in [3.05, 3.63) is 0 Å². The van der Waals surface area contributed by atoms with Gasteiger partial charge in [0.25, 0.3) is 0 Å². The molecule has 2 aliphatic rings. The van der Waals surface area contributed by atoms with Gasteiger partial charge in [0.15, 0.2) is 0 Å². The van der Waals surface area contributed by atoms with Crippen molar-refractivity contribution in [2.24, 2.45) is 5.92 Å². The van der Waals surface area contributed by atoms with Crippen LogP contribution in [0.3, 0.4) is 0 Å². The highest BCUT2D eigenvalue weighted by atomic mass is 32.2. The largest absolute Gasteiger partial charge is 0.380 e. The van der Waals surface area contributed by atoms with Crippen molar-refractivity contribution in [2.75, 3.05) is 32.1 Å². The lowest BCUT2D eigenvalue weighted by atomic mass is 10.1. The summed E-state index contributed by atoms with van der Waals surface area (Å²) < 4.78 is 16.9. The summed E-state index contributed by atoms with van der Waals surface area (Å²) in [5.74, 6) is 1.53. The van der Waals surface area contributed by atoms with Crippen molar-refractivity contribution >= 4 is 10.8 Å². The number of ether oxygens (including phenoxy) is 1. The van der Waals surface area contributed by atoms with E-state index < -0.39 is 10.8 Å². The maximum atomic E-state index is 11.7. The van der Waals surface area contributed by atoms with Crippen LogP contribution < -0.4 is 5.32 Å². The third-order valence-electron chi connectivity index (χ3n) is 2.53. The number of hydrogen-bond donors (Lipinski definition) is 1. The van der Waals surface area contributed by atoms with Gasteiger partial charge in [0.1, 0.15) is 0 Å². The summed E-state index contributed by atoms with van der Waals surface area (Å²) >= 11 is 0. The summed E-state index contributed by atoms with van der Waals surface area (Å²) in [5.41, 5.74) is 0. The zero-order valence-electron chi connectivity index (χ0n) is 7.12. The highest BCUT2D eigenvalue weighted by molar-refractivity contribution is 7.85. The van der Waals surface area contributed by atoms with Crippen LogP contribution >= 0.6 is 0 Å². The first-order valence-electron chi connectivity index (χ1n) is 4.52. The van der Waals surface area contributed by atoms with Gasteiger partial charge in [-0.1, -0.05) is 0 Å². The van der Waals surface area contributed by atoms with E-state index >= 15 is 0 Å². The maximum absolute atomic E-state index is 11.7. The van der Waals surface area contributed by atoms with Crippen molar-refractivity contribution in [1.29, 1.82) is 0 Å². The van der Waals surface area contributed by atoms with Gasteiger partial charge < -0.3 is 10.1 Å². The lowest BCUT2D eigenvalue weighted by molar-refractivity contribution is 0.198. The fourth-order valence-corrected chi connectivity index (χ4v) is 3.13. The molecule has 1 N–H and O–H groups in total. The minimum atomic E-state index is -0.639. The Balaban J connectivity index is 1.74. The van der Waals surface area contributed by atoms with E-state index in [0.717, 1.165) is 31.9 Å². The van der Waals surface area contributed by atoms with Crippen LogP contribution in [0.25, 0.3) is 0 Å². The Labute approximate surface area is 75.3 Å². The monoisotopic (exact) mass is 189 g/mol. The van der Waals surface area contributed by atoms with E-state index in [9.17, 15) is 4.21 Å². The second-order valence-electron chi connectivity index (χ2n) is 3.56. The van der Waals surface area contributed by atoms with Gasteiger partial charge >= 0.3 is 0 Å². The summed E-state index contributed by atoms with van der Waals surface area (Å²) in [5, 5.41) is 3.52. The van der Waals surface area contributed by atoms with E-state index in [1.165, 1.54) is 0 Å². The van der Waals surface area contributed by atoms with Crippen molar-refractivity contribution in [3.8, 4) is 0 Å². The topological polar surface area (TPSA) is 38.3 Å². The smallest absolute Gasteiger partial charge is 0.0610 e. The molecule has 2 atom stereocenters. The molecule has 12 heavy (non-hydrogen) atoms. The standard InChI is InChI=1S/C8H15NO2S/c10-12(6-7-3-9-4-7)8-1-2-11-5-8/h7-9H,1-6H2. The summed E-state index contributed by atoms with van der Waals surface area (Å²) in [6, 6.07) is 0. The van der Waals surface area contributed by atoms with Crippen LogP contribution in [-0.4, -0.2) is 41.5 Å². The molecule has 2 unspecified atom stereocenters. The quantitative estimate of drug-likeness (QED) is 0.665. The molecule has 2 saturated heterocycles. The molecule has 0 bridgehead atoms. The molecule has 0 radical (unpaired) electrons. The second kappa shape index (κ2) is 3.85. The molecule has 2 heterocycles. The Morgan fingerprint density at radius 3 is 2.83 bits per heavy atom. The molecular formula is C8H15NO2S. The van der Waals surface area contributed by atoms with E-state index in [0.29, 0.717) is 17.8 Å². The molecule has 2 fully saturated rings. The maximum Gasteiger partial charge on any atom is 0.0610 e. The summed E-state index contributed by atoms with van der Waals surface area (Å²) in [6.45, 7) is 3.63. The Kier molecular flexibility index (Phi) is 2.78. The van der Waals surface area contributed by atoms with Crippen LogP contribution in [-0.2, 0) is 15.5 Å². The normalized spacial score (nSPS) is 33.2. The Hall–Kier alpha value is 0.0700. The van der Waals surface area contributed by atoms with Gasteiger partial charge in [0.05, 0.1) is 11.9 Å². The predicted octanol–water partition coefficient (Wildman–Crippen LogP) is -0.257. The average molecular weight is 189 g/mol. The zero-order valence-corrected chi connectivity index (χ0v) is 7.94. The lowest BCUT2D eigenvalue weighted by Crippen LogP contribution is -2.45. The van der Waals surface area contributed by atoms with E-state index in [-0.39, 0.29) is 0 Å². The van der Waals surface area contributed by atoms with E-state index in [1.807, 2.05) is 0 Å². The van der Waals surface area contributed by atoms with Crippen LogP contribution in [0.1, 0.15) is 6.42 Å². The van der Waals surface area contributed by atoms with Gasteiger partial charge in [0, 0.05) is 36.2 Å². The molecule has 0 saturated carbocycles. The third kappa shape index (κ3) is 1.87. The molecule has 3 nitrogen and oxygen atoms in total. The van der Waals surface area contributed by atoms with E-state index in [1.54, 1.807) is 0 Å². The Morgan fingerprint density at radius 2 is 2.33 bits per heavy atom. The van der Waals surface area contributed by atoms with Crippen LogP contribution in [0.15, 0.2) is 0 Å². The van der Waals surface area contributed by atoms with Gasteiger partial charge in [-0.2, -0.15) is 0 Å². The molecular weight excluding hydrogens is 174 g/mol. The Morgan fingerprint density at radius 1 is 1.50 bits per heavy atom.